The topological polar surface area (TPSA) is 17.1 Å². The molecule has 2 rings (SSSR count). The van der Waals surface area contributed by atoms with E-state index in [0.717, 1.165) is 16.0 Å². The van der Waals surface area contributed by atoms with Crippen molar-refractivity contribution < 1.29 is 4.79 Å². The molecule has 0 N–H and O–H groups in total. The molecule has 0 radical (unpaired) electrons. The number of hydrogen-bond acceptors (Lipinski definition) is 3. The van der Waals surface area contributed by atoms with E-state index in [1.54, 1.807) is 0 Å². The van der Waals surface area contributed by atoms with Crippen LogP contribution in [-0.2, 0) is 0 Å². The van der Waals surface area contributed by atoms with E-state index in [4.69, 9.17) is 0 Å². The first kappa shape index (κ1) is 12.4. The minimum Gasteiger partial charge on any atom is -0.297 e. The minimum atomic E-state index is 0.601. The standard InChI is InChI=1S/C14H14OS2/c1-10(2)16-12-5-3-11(4-6-12)14-8-7-13(9-15)17-14/h3-10H,1-2H3. The van der Waals surface area contributed by atoms with Crippen LogP contribution in [0.25, 0.3) is 10.4 Å². The second-order valence-corrected chi connectivity index (χ2v) is 6.78. The Morgan fingerprint density at radius 3 is 2.35 bits per heavy atom. The van der Waals surface area contributed by atoms with Gasteiger partial charge in [0.1, 0.15) is 0 Å². The average molecular weight is 262 g/mol. The summed E-state index contributed by atoms with van der Waals surface area (Å²) in [7, 11) is 0. The minimum absolute atomic E-state index is 0.601. The first-order chi connectivity index (χ1) is 8.19. The predicted molar refractivity (Wildman–Crippen MR) is 76.1 cm³/mol. The summed E-state index contributed by atoms with van der Waals surface area (Å²) in [5.74, 6) is 0. The largest absolute Gasteiger partial charge is 0.297 e. The number of benzene rings is 1. The molecule has 3 heteroatoms. The van der Waals surface area contributed by atoms with Gasteiger partial charge in [0.2, 0.25) is 0 Å². The van der Waals surface area contributed by atoms with Gasteiger partial charge in [-0.05, 0) is 29.8 Å². The fourth-order valence-electron chi connectivity index (χ4n) is 1.54. The van der Waals surface area contributed by atoms with Gasteiger partial charge in [-0.25, -0.2) is 0 Å². The van der Waals surface area contributed by atoms with Gasteiger partial charge in [0.25, 0.3) is 0 Å². The van der Waals surface area contributed by atoms with Gasteiger partial charge < -0.3 is 0 Å². The van der Waals surface area contributed by atoms with Crippen molar-refractivity contribution in [3.05, 3.63) is 41.3 Å². The van der Waals surface area contributed by atoms with Crippen molar-refractivity contribution in [2.75, 3.05) is 0 Å². The van der Waals surface area contributed by atoms with Crippen LogP contribution in [0, 0.1) is 0 Å². The molecule has 0 aliphatic heterocycles. The molecule has 0 aliphatic rings. The van der Waals surface area contributed by atoms with Crippen LogP contribution in [0.2, 0.25) is 0 Å². The molecular formula is C14H14OS2. The highest BCUT2D eigenvalue weighted by Gasteiger charge is 2.03. The Labute approximate surface area is 110 Å². The molecule has 17 heavy (non-hydrogen) atoms. The SMILES string of the molecule is CC(C)Sc1ccc(-c2ccc(C=O)s2)cc1. The van der Waals surface area contributed by atoms with Crippen LogP contribution in [0.5, 0.6) is 0 Å². The van der Waals surface area contributed by atoms with Crippen LogP contribution >= 0.6 is 23.1 Å². The van der Waals surface area contributed by atoms with Crippen LogP contribution in [0.1, 0.15) is 23.5 Å². The normalized spacial score (nSPS) is 10.8. The average Bonchev–Trinajstić information content (AvgIpc) is 2.78. The third-order valence-electron chi connectivity index (χ3n) is 2.25. The molecule has 0 amide bonds. The molecule has 1 nitrogen and oxygen atoms in total. The van der Waals surface area contributed by atoms with Crippen molar-refractivity contribution in [1.29, 1.82) is 0 Å². The van der Waals surface area contributed by atoms with E-state index < -0.39 is 0 Å². The fourth-order valence-corrected chi connectivity index (χ4v) is 3.21. The van der Waals surface area contributed by atoms with Crippen molar-refractivity contribution in [3.8, 4) is 10.4 Å². The zero-order chi connectivity index (χ0) is 12.3. The summed E-state index contributed by atoms with van der Waals surface area (Å²) in [6.45, 7) is 4.38. The van der Waals surface area contributed by atoms with Crippen LogP contribution in [0.3, 0.4) is 0 Å². The Bertz CT molecular complexity index is 497. The van der Waals surface area contributed by atoms with Crippen molar-refractivity contribution in [1.82, 2.24) is 0 Å². The van der Waals surface area contributed by atoms with E-state index in [1.807, 2.05) is 23.9 Å². The molecule has 1 heterocycles. The molecule has 1 aromatic heterocycles. The summed E-state index contributed by atoms with van der Waals surface area (Å²) < 4.78 is 0. The lowest BCUT2D eigenvalue weighted by Crippen LogP contribution is -1.85. The molecular weight excluding hydrogens is 248 g/mol. The highest BCUT2D eigenvalue weighted by Crippen LogP contribution is 2.30. The van der Waals surface area contributed by atoms with Gasteiger partial charge in [-0.2, -0.15) is 0 Å². The molecule has 2 aromatic rings. The molecule has 0 unspecified atom stereocenters. The van der Waals surface area contributed by atoms with Crippen molar-refractivity contribution in [2.24, 2.45) is 0 Å². The lowest BCUT2D eigenvalue weighted by Gasteiger charge is -2.05. The molecule has 0 saturated heterocycles. The Morgan fingerprint density at radius 1 is 1.12 bits per heavy atom. The zero-order valence-corrected chi connectivity index (χ0v) is 11.5. The fraction of sp³-hybridized carbons (Fsp3) is 0.214. The Kier molecular flexibility index (Phi) is 4.02. The maximum absolute atomic E-state index is 10.6. The number of carbonyl (C=O) groups is 1. The van der Waals surface area contributed by atoms with Gasteiger partial charge in [-0.1, -0.05) is 26.0 Å². The molecule has 0 atom stereocenters. The van der Waals surface area contributed by atoms with Gasteiger partial charge in [0.05, 0.1) is 4.88 Å². The third kappa shape index (κ3) is 3.20. The van der Waals surface area contributed by atoms with Gasteiger partial charge in [-0.15, -0.1) is 23.1 Å². The number of aldehydes is 1. The first-order valence-electron chi connectivity index (χ1n) is 5.51. The van der Waals surface area contributed by atoms with E-state index in [-0.39, 0.29) is 0 Å². The van der Waals surface area contributed by atoms with Crippen molar-refractivity contribution in [2.45, 2.75) is 24.0 Å². The molecule has 1 aromatic carbocycles. The van der Waals surface area contributed by atoms with E-state index >= 15 is 0 Å². The second-order valence-electron chi connectivity index (χ2n) is 4.01. The third-order valence-corrected chi connectivity index (χ3v) is 4.33. The molecule has 0 saturated carbocycles. The smallest absolute Gasteiger partial charge is 0.160 e. The summed E-state index contributed by atoms with van der Waals surface area (Å²) in [6, 6.07) is 12.4. The van der Waals surface area contributed by atoms with Gasteiger partial charge in [-0.3, -0.25) is 4.79 Å². The van der Waals surface area contributed by atoms with Crippen LogP contribution < -0.4 is 0 Å². The van der Waals surface area contributed by atoms with E-state index in [9.17, 15) is 4.79 Å². The summed E-state index contributed by atoms with van der Waals surface area (Å²) in [6.07, 6.45) is 0.900. The van der Waals surface area contributed by atoms with Crippen molar-refractivity contribution in [3.63, 3.8) is 0 Å². The highest BCUT2D eigenvalue weighted by molar-refractivity contribution is 7.99. The molecule has 0 spiro atoms. The molecule has 0 fully saturated rings. The maximum Gasteiger partial charge on any atom is 0.160 e. The Morgan fingerprint density at radius 2 is 1.82 bits per heavy atom. The molecule has 0 bridgehead atoms. The van der Waals surface area contributed by atoms with Gasteiger partial charge in [0.15, 0.2) is 6.29 Å². The number of hydrogen-bond donors (Lipinski definition) is 0. The van der Waals surface area contributed by atoms with E-state index in [0.29, 0.717) is 5.25 Å². The Balaban J connectivity index is 2.19. The molecule has 88 valence electrons. The number of rotatable bonds is 4. The monoisotopic (exact) mass is 262 g/mol. The van der Waals surface area contributed by atoms with E-state index in [2.05, 4.69) is 38.1 Å². The quantitative estimate of drug-likeness (QED) is 0.585. The number of carbonyl (C=O) groups excluding carboxylic acids is 1. The summed E-state index contributed by atoms with van der Waals surface area (Å²) in [5.41, 5.74) is 1.18. The lowest BCUT2D eigenvalue weighted by atomic mass is 10.2. The van der Waals surface area contributed by atoms with Crippen LogP contribution in [0.15, 0.2) is 41.3 Å². The summed E-state index contributed by atoms with van der Waals surface area (Å²) in [5, 5.41) is 0.601. The van der Waals surface area contributed by atoms with Gasteiger partial charge in [0, 0.05) is 15.0 Å². The summed E-state index contributed by atoms with van der Waals surface area (Å²) >= 11 is 3.39. The Hall–Kier alpha value is -1.06. The van der Waals surface area contributed by atoms with E-state index in [1.165, 1.54) is 21.8 Å². The van der Waals surface area contributed by atoms with Crippen LogP contribution in [0.4, 0.5) is 0 Å². The summed E-state index contributed by atoms with van der Waals surface area (Å²) in [4.78, 5) is 13.8. The lowest BCUT2D eigenvalue weighted by molar-refractivity contribution is 0.112. The number of thioether (sulfide) groups is 1. The highest BCUT2D eigenvalue weighted by atomic mass is 32.2. The molecule has 0 aliphatic carbocycles. The first-order valence-corrected chi connectivity index (χ1v) is 7.21. The van der Waals surface area contributed by atoms with Crippen molar-refractivity contribution >= 4 is 29.4 Å². The maximum atomic E-state index is 10.6. The number of thiophene rings is 1. The predicted octanol–water partition coefficient (Wildman–Crippen LogP) is 4.73. The van der Waals surface area contributed by atoms with Crippen LogP contribution in [-0.4, -0.2) is 11.5 Å². The zero-order valence-electron chi connectivity index (χ0n) is 9.84. The van der Waals surface area contributed by atoms with Gasteiger partial charge >= 0.3 is 0 Å². The second kappa shape index (κ2) is 5.52.